The summed E-state index contributed by atoms with van der Waals surface area (Å²) in [5, 5.41) is 18.8. The summed E-state index contributed by atoms with van der Waals surface area (Å²) in [4.78, 5) is 27.7. The summed E-state index contributed by atoms with van der Waals surface area (Å²) in [6.45, 7) is 0.831. The lowest BCUT2D eigenvalue weighted by Crippen LogP contribution is -2.39. The van der Waals surface area contributed by atoms with Crippen molar-refractivity contribution in [3.05, 3.63) is 95.1 Å². The van der Waals surface area contributed by atoms with Crippen molar-refractivity contribution < 1.29 is 19.1 Å². The summed E-state index contributed by atoms with van der Waals surface area (Å²) in [5.41, 5.74) is 5.51. The van der Waals surface area contributed by atoms with E-state index in [1.807, 2.05) is 42.5 Å². The number of tetrazole rings is 1. The molecule has 0 atom stereocenters. The number of ether oxygens (including phenoxy) is 2. The van der Waals surface area contributed by atoms with Crippen molar-refractivity contribution in [3.63, 3.8) is 0 Å². The zero-order valence-electron chi connectivity index (χ0n) is 22.3. The number of aromatic nitrogens is 4. The topological polar surface area (TPSA) is 134 Å². The lowest BCUT2D eigenvalue weighted by molar-refractivity contribution is 0.102. The minimum absolute atomic E-state index is 0.0943. The van der Waals surface area contributed by atoms with Crippen molar-refractivity contribution in [1.82, 2.24) is 25.9 Å². The number of amides is 3. The molecule has 6 rings (SSSR count). The summed E-state index contributed by atoms with van der Waals surface area (Å²) in [6, 6.07) is 20.6. The largest absolute Gasteiger partial charge is 0.454 e. The molecule has 1 aliphatic carbocycles. The van der Waals surface area contributed by atoms with E-state index < -0.39 is 0 Å². The normalized spacial score (nSPS) is 13.8. The van der Waals surface area contributed by atoms with E-state index in [-0.39, 0.29) is 24.7 Å². The van der Waals surface area contributed by atoms with E-state index in [0.717, 1.165) is 29.7 Å². The van der Waals surface area contributed by atoms with E-state index in [9.17, 15) is 9.59 Å². The molecule has 0 spiro atoms. The molecule has 3 aromatic carbocycles. The van der Waals surface area contributed by atoms with Gasteiger partial charge >= 0.3 is 6.03 Å². The minimum Gasteiger partial charge on any atom is -0.454 e. The number of nitrogens with one attached hydrogen (secondary N) is 3. The molecule has 1 aliphatic heterocycles. The lowest BCUT2D eigenvalue weighted by atomic mass is 9.93. The monoisotopic (exact) mass is 551 g/mol. The third-order valence-corrected chi connectivity index (χ3v) is 7.09. The molecule has 4 aromatic rings. The molecule has 208 valence electrons. The summed E-state index contributed by atoms with van der Waals surface area (Å²) >= 11 is 0. The van der Waals surface area contributed by atoms with Crippen LogP contribution < -0.4 is 25.0 Å². The molecule has 0 bridgehead atoms. The summed E-state index contributed by atoms with van der Waals surface area (Å²) in [7, 11) is 0. The van der Waals surface area contributed by atoms with Crippen LogP contribution in [0.15, 0.2) is 72.8 Å². The van der Waals surface area contributed by atoms with Crippen LogP contribution in [0.1, 0.15) is 52.7 Å². The van der Waals surface area contributed by atoms with Gasteiger partial charge in [-0.1, -0.05) is 41.5 Å². The molecule has 0 unspecified atom stereocenters. The Morgan fingerprint density at radius 3 is 2.49 bits per heavy atom. The molecule has 0 fully saturated rings. The molecular formula is C30H29N7O4. The van der Waals surface area contributed by atoms with Gasteiger partial charge in [0.1, 0.15) is 0 Å². The molecule has 1 aromatic heterocycles. The number of allylic oxidation sites excluding steroid dienone is 2. The van der Waals surface area contributed by atoms with Crippen LogP contribution in [0.2, 0.25) is 0 Å². The predicted octanol–water partition coefficient (Wildman–Crippen LogP) is 5.05. The maximum atomic E-state index is 13.6. The fraction of sp³-hybridized carbons (Fsp3) is 0.233. The zero-order valence-corrected chi connectivity index (χ0v) is 22.3. The fourth-order valence-corrected chi connectivity index (χ4v) is 4.89. The lowest BCUT2D eigenvalue weighted by Gasteiger charge is -2.24. The highest BCUT2D eigenvalue weighted by atomic mass is 16.7. The molecular weight excluding hydrogens is 522 g/mol. The first kappa shape index (κ1) is 26.1. The van der Waals surface area contributed by atoms with E-state index in [0.29, 0.717) is 30.2 Å². The van der Waals surface area contributed by atoms with Crippen molar-refractivity contribution >= 4 is 29.1 Å². The average molecular weight is 552 g/mol. The van der Waals surface area contributed by atoms with Crippen molar-refractivity contribution in [2.75, 3.05) is 17.0 Å². The number of anilines is 2. The maximum Gasteiger partial charge on any atom is 0.322 e. The standard InChI is InChI=1S/C30H29N7O4/c38-28(32-29-33-35-36-34-29)24-9-6-20(7-10-24)18-37(25-13-11-23(12-14-25)22-4-2-1-3-5-22)30(39)31-17-21-8-15-26-27(16-21)41-19-40-26/h4,6-16H,1-3,5,17-19H2,(H,31,39)(H2,32,33,34,35,36,38). The van der Waals surface area contributed by atoms with Gasteiger partial charge in [0.15, 0.2) is 11.5 Å². The highest BCUT2D eigenvalue weighted by Crippen LogP contribution is 2.32. The number of hydrogen-bond donors (Lipinski definition) is 3. The Bertz CT molecular complexity index is 1550. The quantitative estimate of drug-likeness (QED) is 0.279. The van der Waals surface area contributed by atoms with Crippen LogP contribution in [0.5, 0.6) is 11.5 Å². The van der Waals surface area contributed by atoms with Gasteiger partial charge in [-0.3, -0.25) is 15.0 Å². The number of rotatable bonds is 8. The summed E-state index contributed by atoms with van der Waals surface area (Å²) < 4.78 is 10.9. The van der Waals surface area contributed by atoms with Crippen LogP contribution in [-0.4, -0.2) is 39.4 Å². The number of hydrogen-bond acceptors (Lipinski definition) is 7. The van der Waals surface area contributed by atoms with Gasteiger partial charge in [-0.2, -0.15) is 5.21 Å². The Kier molecular flexibility index (Phi) is 7.57. The van der Waals surface area contributed by atoms with Gasteiger partial charge in [0.25, 0.3) is 11.9 Å². The molecule has 11 heteroatoms. The van der Waals surface area contributed by atoms with Gasteiger partial charge < -0.3 is 14.8 Å². The van der Waals surface area contributed by atoms with Gasteiger partial charge in [-0.25, -0.2) is 4.79 Å². The number of benzene rings is 3. The van der Waals surface area contributed by atoms with E-state index >= 15 is 0 Å². The van der Waals surface area contributed by atoms with Gasteiger partial charge in [-0.05, 0) is 89.6 Å². The van der Waals surface area contributed by atoms with Gasteiger partial charge in [0.2, 0.25) is 6.79 Å². The van der Waals surface area contributed by atoms with Crippen LogP contribution >= 0.6 is 0 Å². The third-order valence-electron chi connectivity index (χ3n) is 7.09. The number of carbonyl (C=O) groups is 2. The first-order valence-corrected chi connectivity index (χ1v) is 13.5. The van der Waals surface area contributed by atoms with Crippen LogP contribution in [0.25, 0.3) is 5.57 Å². The molecule has 41 heavy (non-hydrogen) atoms. The van der Waals surface area contributed by atoms with E-state index in [2.05, 4.69) is 49.5 Å². The SMILES string of the molecule is O=C(Nc1nn[nH]n1)c1ccc(CN(C(=O)NCc2ccc3c(c2)OCO3)c2ccc(C3=CCCCC3)cc2)cc1. The van der Waals surface area contributed by atoms with E-state index in [4.69, 9.17) is 9.47 Å². The van der Waals surface area contributed by atoms with Crippen molar-refractivity contribution in [2.24, 2.45) is 0 Å². The molecule has 0 saturated heterocycles. The van der Waals surface area contributed by atoms with Crippen molar-refractivity contribution in [2.45, 2.75) is 38.8 Å². The highest BCUT2D eigenvalue weighted by Gasteiger charge is 2.19. The second kappa shape index (κ2) is 11.9. The molecule has 0 radical (unpaired) electrons. The molecule has 3 amide bonds. The summed E-state index contributed by atoms with van der Waals surface area (Å²) in [6.07, 6.45) is 6.92. The molecule has 2 aliphatic rings. The predicted molar refractivity (Wildman–Crippen MR) is 152 cm³/mol. The Balaban J connectivity index is 1.19. The first-order valence-electron chi connectivity index (χ1n) is 13.5. The minimum atomic E-state index is -0.358. The third kappa shape index (κ3) is 6.19. The smallest absolute Gasteiger partial charge is 0.322 e. The van der Waals surface area contributed by atoms with Crippen LogP contribution in [-0.2, 0) is 13.1 Å². The van der Waals surface area contributed by atoms with Crippen LogP contribution in [0, 0.1) is 0 Å². The molecule has 2 heterocycles. The van der Waals surface area contributed by atoms with Gasteiger partial charge in [0, 0.05) is 17.8 Å². The summed E-state index contributed by atoms with van der Waals surface area (Å²) in [5.74, 6) is 1.11. The molecule has 11 nitrogen and oxygen atoms in total. The second-order valence-electron chi connectivity index (χ2n) is 9.84. The van der Waals surface area contributed by atoms with Crippen LogP contribution in [0.4, 0.5) is 16.4 Å². The maximum absolute atomic E-state index is 13.6. The number of aromatic amines is 1. The van der Waals surface area contributed by atoms with Gasteiger partial charge in [-0.15, -0.1) is 5.10 Å². The van der Waals surface area contributed by atoms with Crippen molar-refractivity contribution in [1.29, 1.82) is 0 Å². The second-order valence-corrected chi connectivity index (χ2v) is 9.84. The number of urea groups is 1. The zero-order chi connectivity index (χ0) is 28.0. The Labute approximate surface area is 236 Å². The highest BCUT2D eigenvalue weighted by molar-refractivity contribution is 6.03. The Morgan fingerprint density at radius 1 is 0.927 bits per heavy atom. The number of nitrogens with zero attached hydrogens (tertiary/aromatic N) is 4. The molecule has 0 saturated carbocycles. The fourth-order valence-electron chi connectivity index (χ4n) is 4.89. The van der Waals surface area contributed by atoms with Gasteiger partial charge in [0.05, 0.1) is 6.54 Å². The molecule has 3 N–H and O–H groups in total. The Hall–Kier alpha value is -5.19. The number of H-pyrrole nitrogens is 1. The first-order chi connectivity index (χ1) is 20.1. The van der Waals surface area contributed by atoms with Crippen molar-refractivity contribution in [3.8, 4) is 11.5 Å². The number of fused-ring (bicyclic) bond motifs is 1. The van der Waals surface area contributed by atoms with E-state index in [1.165, 1.54) is 24.0 Å². The van der Waals surface area contributed by atoms with Crippen LogP contribution in [0.3, 0.4) is 0 Å². The average Bonchev–Trinajstić information content (AvgIpc) is 3.71. The number of carbonyl (C=O) groups excluding carboxylic acids is 2. The Morgan fingerprint density at radius 2 is 1.73 bits per heavy atom. The van der Waals surface area contributed by atoms with E-state index in [1.54, 1.807) is 17.0 Å².